The van der Waals surface area contributed by atoms with Gasteiger partial charge in [-0.3, -0.25) is 14.5 Å². The van der Waals surface area contributed by atoms with E-state index in [0.29, 0.717) is 38.4 Å². The molecule has 1 N–H and O–H groups in total. The molecule has 102 valence electrons. The molecular weight excluding hydrogens is 232 g/mol. The fraction of sp³-hybridized carbons (Fsp3) is 0.846. The van der Waals surface area contributed by atoms with Gasteiger partial charge in [-0.1, -0.05) is 0 Å². The zero-order valence-corrected chi connectivity index (χ0v) is 10.8. The maximum Gasteiger partial charge on any atom is 0.236 e. The van der Waals surface area contributed by atoms with Gasteiger partial charge in [-0.15, -0.1) is 0 Å². The summed E-state index contributed by atoms with van der Waals surface area (Å²) in [6.45, 7) is 3.75. The Labute approximate surface area is 108 Å². The molecule has 18 heavy (non-hydrogen) atoms. The van der Waals surface area contributed by atoms with E-state index in [1.54, 1.807) is 4.90 Å². The van der Waals surface area contributed by atoms with Gasteiger partial charge in [0.2, 0.25) is 5.91 Å². The van der Waals surface area contributed by atoms with E-state index in [2.05, 4.69) is 4.90 Å². The van der Waals surface area contributed by atoms with Gasteiger partial charge < -0.3 is 10.0 Å². The van der Waals surface area contributed by atoms with Crippen LogP contribution >= 0.6 is 0 Å². The number of piperidine rings is 1. The average molecular weight is 254 g/mol. The Balaban J connectivity index is 1.73. The molecule has 0 spiro atoms. The number of carbonyl (C=O) groups is 2. The predicted molar refractivity (Wildman–Crippen MR) is 67.1 cm³/mol. The highest BCUT2D eigenvalue weighted by Crippen LogP contribution is 2.19. The van der Waals surface area contributed by atoms with Crippen LogP contribution in [0.15, 0.2) is 0 Å². The third kappa shape index (κ3) is 3.53. The Hall–Kier alpha value is -0.940. The van der Waals surface area contributed by atoms with E-state index >= 15 is 0 Å². The van der Waals surface area contributed by atoms with Crippen molar-refractivity contribution in [3.63, 3.8) is 0 Å². The summed E-state index contributed by atoms with van der Waals surface area (Å²) in [6.07, 6.45) is 2.94. The number of aliphatic hydroxyl groups excluding tert-OH is 1. The molecule has 1 atom stereocenters. The maximum atomic E-state index is 12.0. The lowest BCUT2D eigenvalue weighted by Gasteiger charge is -2.28. The molecule has 5 heteroatoms. The number of rotatable bonds is 4. The van der Waals surface area contributed by atoms with Crippen molar-refractivity contribution >= 4 is 11.7 Å². The van der Waals surface area contributed by atoms with Gasteiger partial charge >= 0.3 is 0 Å². The fourth-order valence-corrected chi connectivity index (χ4v) is 2.77. The number of amides is 1. The second-order valence-corrected chi connectivity index (χ2v) is 5.32. The van der Waals surface area contributed by atoms with Crippen LogP contribution in [0, 0.1) is 5.92 Å². The monoisotopic (exact) mass is 254 g/mol. The highest BCUT2D eigenvalue weighted by molar-refractivity contribution is 5.84. The van der Waals surface area contributed by atoms with Crippen molar-refractivity contribution in [3.8, 4) is 0 Å². The smallest absolute Gasteiger partial charge is 0.236 e. The molecule has 2 fully saturated rings. The predicted octanol–water partition coefficient (Wildman–Crippen LogP) is -0.118. The summed E-state index contributed by atoms with van der Waals surface area (Å²) in [5, 5.41) is 8.90. The molecule has 0 aromatic carbocycles. The summed E-state index contributed by atoms with van der Waals surface area (Å²) in [6, 6.07) is 0. The zero-order chi connectivity index (χ0) is 13.0. The van der Waals surface area contributed by atoms with E-state index < -0.39 is 0 Å². The highest BCUT2D eigenvalue weighted by Gasteiger charge is 2.26. The fourth-order valence-electron chi connectivity index (χ4n) is 2.77. The van der Waals surface area contributed by atoms with Gasteiger partial charge in [0.1, 0.15) is 5.78 Å². The molecule has 1 amide bonds. The standard InChI is InChI=1S/C13H22N2O3/c16-8-4-11-1-5-14(9-11)10-13(18)15-6-2-12(17)3-7-15/h11,16H,1-10H2. The third-order valence-corrected chi connectivity index (χ3v) is 3.94. The normalized spacial score (nSPS) is 25.7. The maximum absolute atomic E-state index is 12.0. The second kappa shape index (κ2) is 6.29. The zero-order valence-electron chi connectivity index (χ0n) is 10.8. The minimum Gasteiger partial charge on any atom is -0.396 e. The number of Topliss-reactive ketones (excluding diaryl/α,β-unsaturated/α-hetero) is 1. The topological polar surface area (TPSA) is 60.9 Å². The molecule has 0 aromatic heterocycles. The van der Waals surface area contributed by atoms with E-state index in [1.807, 2.05) is 0 Å². The van der Waals surface area contributed by atoms with E-state index in [0.717, 1.165) is 25.9 Å². The van der Waals surface area contributed by atoms with E-state index in [1.165, 1.54) is 0 Å². The Bertz CT molecular complexity index is 309. The van der Waals surface area contributed by atoms with Crippen molar-refractivity contribution in [2.75, 3.05) is 39.3 Å². The molecule has 0 bridgehead atoms. The molecule has 2 heterocycles. The van der Waals surface area contributed by atoms with Crippen LogP contribution in [0.4, 0.5) is 0 Å². The third-order valence-electron chi connectivity index (χ3n) is 3.94. The van der Waals surface area contributed by atoms with Crippen LogP contribution in [-0.2, 0) is 9.59 Å². The largest absolute Gasteiger partial charge is 0.396 e. The van der Waals surface area contributed by atoms with Crippen LogP contribution in [0.25, 0.3) is 0 Å². The van der Waals surface area contributed by atoms with Gasteiger partial charge in [0.05, 0.1) is 6.54 Å². The Morgan fingerprint density at radius 2 is 2.00 bits per heavy atom. The molecule has 2 rings (SSSR count). The number of aliphatic hydroxyl groups is 1. The molecule has 0 radical (unpaired) electrons. The Morgan fingerprint density at radius 1 is 1.28 bits per heavy atom. The van der Waals surface area contributed by atoms with Crippen molar-refractivity contribution in [2.24, 2.45) is 5.92 Å². The first-order valence-electron chi connectivity index (χ1n) is 6.81. The lowest BCUT2D eigenvalue weighted by atomic mass is 10.1. The SMILES string of the molecule is O=C1CCN(C(=O)CN2CCC(CCO)C2)CC1. The summed E-state index contributed by atoms with van der Waals surface area (Å²) < 4.78 is 0. The van der Waals surface area contributed by atoms with Crippen LogP contribution in [0.1, 0.15) is 25.7 Å². The summed E-state index contributed by atoms with van der Waals surface area (Å²) >= 11 is 0. The number of carbonyl (C=O) groups excluding carboxylic acids is 2. The molecular formula is C13H22N2O3. The first-order chi connectivity index (χ1) is 8.69. The van der Waals surface area contributed by atoms with E-state index in [9.17, 15) is 9.59 Å². The van der Waals surface area contributed by atoms with Crippen LogP contribution in [0.2, 0.25) is 0 Å². The first kappa shape index (κ1) is 13.5. The van der Waals surface area contributed by atoms with Gasteiger partial charge in [0, 0.05) is 39.1 Å². The molecule has 2 aliphatic rings. The Morgan fingerprint density at radius 3 is 2.67 bits per heavy atom. The minimum atomic E-state index is 0.146. The Kier molecular flexibility index (Phi) is 4.72. The first-order valence-corrected chi connectivity index (χ1v) is 6.81. The lowest BCUT2D eigenvalue weighted by molar-refractivity contribution is -0.135. The van der Waals surface area contributed by atoms with E-state index in [4.69, 9.17) is 5.11 Å². The summed E-state index contributed by atoms with van der Waals surface area (Å²) in [5.41, 5.74) is 0. The van der Waals surface area contributed by atoms with Gasteiger partial charge in [0.25, 0.3) is 0 Å². The number of hydrogen-bond donors (Lipinski definition) is 1. The van der Waals surface area contributed by atoms with Crippen molar-refractivity contribution in [1.29, 1.82) is 0 Å². The summed E-state index contributed by atoms with van der Waals surface area (Å²) in [5.74, 6) is 0.945. The molecule has 0 aliphatic carbocycles. The molecule has 1 unspecified atom stereocenters. The van der Waals surface area contributed by atoms with Crippen molar-refractivity contribution in [2.45, 2.75) is 25.7 Å². The number of nitrogens with zero attached hydrogens (tertiary/aromatic N) is 2. The van der Waals surface area contributed by atoms with Crippen LogP contribution in [0.5, 0.6) is 0 Å². The number of likely N-dealkylation sites (tertiary alicyclic amines) is 2. The number of ketones is 1. The quantitative estimate of drug-likeness (QED) is 0.760. The molecule has 2 saturated heterocycles. The minimum absolute atomic E-state index is 0.146. The van der Waals surface area contributed by atoms with E-state index in [-0.39, 0.29) is 18.3 Å². The van der Waals surface area contributed by atoms with Gasteiger partial charge in [0.15, 0.2) is 0 Å². The molecule has 0 saturated carbocycles. The molecule has 2 aliphatic heterocycles. The van der Waals surface area contributed by atoms with Gasteiger partial charge in [-0.2, -0.15) is 0 Å². The van der Waals surface area contributed by atoms with Crippen molar-refractivity contribution in [1.82, 2.24) is 9.80 Å². The average Bonchev–Trinajstić information content (AvgIpc) is 2.78. The summed E-state index contributed by atoms with van der Waals surface area (Å²) in [4.78, 5) is 27.1. The van der Waals surface area contributed by atoms with Crippen LogP contribution in [0.3, 0.4) is 0 Å². The highest BCUT2D eigenvalue weighted by atomic mass is 16.3. The van der Waals surface area contributed by atoms with Crippen molar-refractivity contribution < 1.29 is 14.7 Å². The summed E-state index contributed by atoms with van der Waals surface area (Å²) in [7, 11) is 0. The second-order valence-electron chi connectivity index (χ2n) is 5.32. The van der Waals surface area contributed by atoms with Crippen LogP contribution < -0.4 is 0 Å². The lowest BCUT2D eigenvalue weighted by Crippen LogP contribution is -2.43. The van der Waals surface area contributed by atoms with Gasteiger partial charge in [-0.25, -0.2) is 0 Å². The molecule has 0 aromatic rings. The van der Waals surface area contributed by atoms with Crippen LogP contribution in [-0.4, -0.2) is 65.9 Å². The van der Waals surface area contributed by atoms with Gasteiger partial charge in [-0.05, 0) is 25.3 Å². The number of hydrogen-bond acceptors (Lipinski definition) is 4. The molecule has 5 nitrogen and oxygen atoms in total. The van der Waals surface area contributed by atoms with Crippen molar-refractivity contribution in [3.05, 3.63) is 0 Å².